The first kappa shape index (κ1) is 60.8. The van der Waals surface area contributed by atoms with Crippen LogP contribution in [0.2, 0.25) is 5.02 Å². The number of nitro groups is 1. The molecule has 4 aliphatic heterocycles. The van der Waals surface area contributed by atoms with Gasteiger partial charge in [0.05, 0.1) is 28.1 Å². The molecule has 0 spiro atoms. The van der Waals surface area contributed by atoms with Gasteiger partial charge in [-0.05, 0) is 161 Å². The number of pyridine rings is 1. The molecule has 6 aromatic rings. The third-order valence-corrected chi connectivity index (χ3v) is 19.2. The number of sulfonamides is 1. The molecule has 458 valence electrons. The topological polar surface area (TPSA) is 245 Å². The fourth-order valence-corrected chi connectivity index (χ4v) is 13.7. The number of piperidine rings is 2. The van der Waals surface area contributed by atoms with E-state index in [1.807, 2.05) is 31.3 Å². The molecule has 3 saturated heterocycles. The van der Waals surface area contributed by atoms with Crippen molar-refractivity contribution in [1.29, 1.82) is 0 Å². The van der Waals surface area contributed by atoms with Crippen LogP contribution in [0.5, 0.6) is 17.2 Å². The molecule has 4 amide bonds. The van der Waals surface area contributed by atoms with Crippen LogP contribution in [0.3, 0.4) is 0 Å². The first-order valence-corrected chi connectivity index (χ1v) is 31.8. The van der Waals surface area contributed by atoms with Crippen molar-refractivity contribution in [2.75, 3.05) is 95.9 Å². The third kappa shape index (κ3) is 14.4. The van der Waals surface area contributed by atoms with Gasteiger partial charge in [-0.2, -0.15) is 0 Å². The number of ether oxygens (including phenoxy) is 2. The third-order valence-electron chi connectivity index (χ3n) is 17.6. The van der Waals surface area contributed by atoms with Crippen LogP contribution in [-0.2, 0) is 26.2 Å². The summed E-state index contributed by atoms with van der Waals surface area (Å²) in [5, 5.41) is 19.5. The number of benzene rings is 4. The summed E-state index contributed by atoms with van der Waals surface area (Å²) in [6.07, 6.45) is 9.60. The lowest BCUT2D eigenvalue weighted by atomic mass is 9.72. The number of piperazine rings is 1. The maximum atomic E-state index is 14.2. The Bertz CT molecular complexity index is 3730. The number of fused-ring (bicyclic) bond motifs is 2. The van der Waals surface area contributed by atoms with Crippen LogP contribution < -0.4 is 29.7 Å². The standard InChI is InChI=1S/C64H74ClN11O10S/c1-64(2)22-18-45(52(37-64)43-8-10-46(65)11-9-43)40-73-28-30-74(31-29-73)47-12-14-51(58(35-47)86-48-34-44-19-23-66-60(44)68-39-48)61(78)70-87(83,84)49-13-15-54(56(36-49)76(81)82)67-38-42-20-26-72(27-21-42)25-5-24-71(3)32-33-85-57-7-4-6-50-53(57)41-75(63(50)80)55-16-17-59(77)69-62(55)79/h4,6-15,19,23,34-36,39,42,55,67H,5,16-18,20-22,24-33,37-38,40-41H2,1-3H3,(H,66,68)(H,70,78)(H,69,77,79). The van der Waals surface area contributed by atoms with E-state index in [1.165, 1.54) is 39.9 Å². The molecule has 1 aliphatic carbocycles. The number of likely N-dealkylation sites (N-methyl/N-ethyl adjacent to an activating group) is 1. The summed E-state index contributed by atoms with van der Waals surface area (Å²) < 4.78 is 42.7. The Morgan fingerprint density at radius 3 is 2.47 bits per heavy atom. The monoisotopic (exact) mass is 1220 g/mol. The van der Waals surface area contributed by atoms with E-state index in [1.54, 1.807) is 42.6 Å². The van der Waals surface area contributed by atoms with E-state index in [0.29, 0.717) is 61.9 Å². The molecule has 5 aliphatic rings. The van der Waals surface area contributed by atoms with Gasteiger partial charge >= 0.3 is 0 Å². The second kappa shape index (κ2) is 26.2. The van der Waals surface area contributed by atoms with Crippen molar-refractivity contribution in [1.82, 2.24) is 39.6 Å². The van der Waals surface area contributed by atoms with Crippen molar-refractivity contribution in [3.8, 4) is 17.2 Å². The quantitative estimate of drug-likeness (QED) is 0.0281. The Kier molecular flexibility index (Phi) is 18.3. The second-order valence-electron chi connectivity index (χ2n) is 24.3. The number of aromatic nitrogens is 2. The molecule has 11 rings (SSSR count). The van der Waals surface area contributed by atoms with Crippen LogP contribution in [-0.4, -0.2) is 158 Å². The molecule has 1 atom stereocenters. The minimum Gasteiger partial charge on any atom is -0.492 e. The molecule has 87 heavy (non-hydrogen) atoms. The number of nitrogens with one attached hydrogen (secondary N) is 4. The maximum Gasteiger partial charge on any atom is 0.293 e. The number of aromatic amines is 1. The van der Waals surface area contributed by atoms with Gasteiger partial charge in [0, 0.05) is 97.8 Å². The van der Waals surface area contributed by atoms with E-state index in [4.69, 9.17) is 21.1 Å². The predicted molar refractivity (Wildman–Crippen MR) is 333 cm³/mol. The van der Waals surface area contributed by atoms with Gasteiger partial charge < -0.3 is 39.4 Å². The number of nitrogens with zero attached hydrogens (tertiary/aromatic N) is 7. The van der Waals surface area contributed by atoms with Gasteiger partial charge in [0.25, 0.3) is 27.5 Å². The number of hydrogen-bond donors (Lipinski definition) is 4. The van der Waals surface area contributed by atoms with Crippen LogP contribution in [0, 0.1) is 21.4 Å². The molecule has 4 N–H and O–H groups in total. The zero-order chi connectivity index (χ0) is 61.0. The molecule has 3 fully saturated rings. The zero-order valence-electron chi connectivity index (χ0n) is 49.3. The summed E-state index contributed by atoms with van der Waals surface area (Å²) in [5.74, 6) is -0.695. The molecule has 1 unspecified atom stereocenters. The number of hydrogen-bond acceptors (Lipinski definition) is 16. The molecule has 21 nitrogen and oxygen atoms in total. The summed E-state index contributed by atoms with van der Waals surface area (Å²) in [7, 11) is -2.59. The molecular formula is C64H74ClN11O10S. The largest absolute Gasteiger partial charge is 0.492 e. The highest BCUT2D eigenvalue weighted by molar-refractivity contribution is 7.90. The van der Waals surface area contributed by atoms with Gasteiger partial charge in [-0.3, -0.25) is 39.5 Å². The summed E-state index contributed by atoms with van der Waals surface area (Å²) in [5.41, 5.74) is 6.68. The normalized spacial score (nSPS) is 18.7. The van der Waals surface area contributed by atoms with E-state index >= 15 is 0 Å². The smallest absolute Gasteiger partial charge is 0.293 e. The highest BCUT2D eigenvalue weighted by Gasteiger charge is 2.40. The van der Waals surface area contributed by atoms with Gasteiger partial charge in [0.1, 0.15) is 41.2 Å². The van der Waals surface area contributed by atoms with Crippen LogP contribution >= 0.6 is 11.6 Å². The Labute approximate surface area is 511 Å². The summed E-state index contributed by atoms with van der Waals surface area (Å²) in [4.78, 5) is 81.4. The lowest BCUT2D eigenvalue weighted by Gasteiger charge is -2.39. The van der Waals surface area contributed by atoms with Crippen LogP contribution in [0.1, 0.15) is 97.1 Å². The van der Waals surface area contributed by atoms with E-state index in [2.05, 4.69) is 70.9 Å². The molecule has 0 radical (unpaired) electrons. The Hall–Kier alpha value is -7.89. The number of nitro benzene ring substituents is 1. The van der Waals surface area contributed by atoms with Gasteiger partial charge in [-0.25, -0.2) is 18.1 Å². The Morgan fingerprint density at radius 1 is 0.908 bits per heavy atom. The van der Waals surface area contributed by atoms with E-state index < -0.39 is 43.4 Å². The predicted octanol–water partition coefficient (Wildman–Crippen LogP) is 9.11. The molecule has 0 bridgehead atoms. The van der Waals surface area contributed by atoms with Crippen molar-refractivity contribution < 1.29 is 42.0 Å². The molecule has 4 aromatic carbocycles. The summed E-state index contributed by atoms with van der Waals surface area (Å²) in [6, 6.07) is 25.1. The minimum atomic E-state index is -4.63. The van der Waals surface area contributed by atoms with Gasteiger partial charge in [0.15, 0.2) is 0 Å². The van der Waals surface area contributed by atoms with Crippen molar-refractivity contribution in [2.24, 2.45) is 11.3 Å². The summed E-state index contributed by atoms with van der Waals surface area (Å²) >= 11 is 6.27. The first-order valence-electron chi connectivity index (χ1n) is 29.9. The number of rotatable bonds is 22. The average molecular weight is 1220 g/mol. The second-order valence-corrected chi connectivity index (χ2v) is 26.4. The number of H-pyrrole nitrogens is 1. The number of allylic oxidation sites excluding steroid dienone is 1. The lowest BCUT2D eigenvalue weighted by Crippen LogP contribution is -2.52. The van der Waals surface area contributed by atoms with Crippen molar-refractivity contribution in [2.45, 2.75) is 82.7 Å². The Balaban J connectivity index is 0.662. The van der Waals surface area contributed by atoms with Crippen molar-refractivity contribution in [3.05, 3.63) is 146 Å². The number of imide groups is 1. The number of carbonyl (C=O) groups excluding carboxylic acids is 4. The van der Waals surface area contributed by atoms with E-state index in [-0.39, 0.29) is 53.1 Å². The number of amides is 4. The first-order chi connectivity index (χ1) is 41.8. The average Bonchev–Trinajstić information content (AvgIpc) is 2.39. The molecule has 0 saturated carbocycles. The lowest BCUT2D eigenvalue weighted by molar-refractivity contribution is -0.384. The van der Waals surface area contributed by atoms with Crippen molar-refractivity contribution >= 4 is 78.9 Å². The fourth-order valence-electron chi connectivity index (χ4n) is 12.5. The molecular weight excluding hydrogens is 1150 g/mol. The SMILES string of the molecule is CN(CCCN1CCC(CNc2ccc(S(=O)(=O)NC(=O)c3ccc(N4CCN(CC5=C(c6ccc(Cl)cc6)CC(C)(C)CC5)CC4)cc3Oc3cnc4[nH]ccc4c3)cc2[N+](=O)[O-])CC1)CCOc1cccc2c1CN(C1CCC(=O)NC1=O)C2=O. The summed E-state index contributed by atoms with van der Waals surface area (Å²) in [6.45, 7) is 13.8. The maximum absolute atomic E-state index is 14.2. The Morgan fingerprint density at radius 2 is 1.70 bits per heavy atom. The van der Waals surface area contributed by atoms with Crippen LogP contribution in [0.15, 0.2) is 114 Å². The van der Waals surface area contributed by atoms with Gasteiger partial charge in [-0.1, -0.05) is 49.2 Å². The van der Waals surface area contributed by atoms with E-state index in [9.17, 15) is 37.7 Å². The van der Waals surface area contributed by atoms with Crippen molar-refractivity contribution in [3.63, 3.8) is 0 Å². The number of likely N-dealkylation sites (tertiary alicyclic amines) is 1. The van der Waals surface area contributed by atoms with Gasteiger partial charge in [-0.15, -0.1) is 0 Å². The number of halogens is 1. The highest BCUT2D eigenvalue weighted by Crippen LogP contribution is 2.44. The molecule has 2 aromatic heterocycles. The number of carbonyl (C=O) groups is 4. The van der Waals surface area contributed by atoms with Crippen LogP contribution in [0.4, 0.5) is 17.1 Å². The van der Waals surface area contributed by atoms with Gasteiger partial charge in [0.2, 0.25) is 11.8 Å². The zero-order valence-corrected chi connectivity index (χ0v) is 50.9. The van der Waals surface area contributed by atoms with E-state index in [0.717, 1.165) is 112 Å². The minimum absolute atomic E-state index is 0.0542. The number of anilines is 2. The molecule has 23 heteroatoms. The fraction of sp³-hybridized carbons (Fsp3) is 0.422. The molecule has 6 heterocycles. The highest BCUT2D eigenvalue weighted by atomic mass is 35.5. The van der Waals surface area contributed by atoms with Crippen LogP contribution in [0.25, 0.3) is 16.6 Å².